The number of Topliss-reactive ketones (excluding diaryl/α,β-unsaturated/α-hetero) is 1. The van der Waals surface area contributed by atoms with Gasteiger partial charge in [-0.1, -0.05) is 42.5 Å². The van der Waals surface area contributed by atoms with E-state index in [1.807, 2.05) is 48.5 Å². The predicted octanol–water partition coefficient (Wildman–Crippen LogP) is 3.02. The average Bonchev–Trinajstić information content (AvgIpc) is 2.48. The van der Waals surface area contributed by atoms with Gasteiger partial charge < -0.3 is 9.47 Å². The predicted molar refractivity (Wildman–Crippen MR) is 71.4 cm³/mol. The molecule has 0 unspecified atom stereocenters. The number of benzene rings is 2. The lowest BCUT2D eigenvalue weighted by molar-refractivity contribution is -0.000602. The molecule has 0 bridgehead atoms. The molecule has 0 spiro atoms. The molecule has 2 aromatic rings. The number of methoxy groups -OCH3 is 1. The Balaban J connectivity index is 2.05. The van der Waals surface area contributed by atoms with Gasteiger partial charge in [-0.2, -0.15) is 0 Å². The third-order valence-corrected chi connectivity index (χ3v) is 3.32. The summed E-state index contributed by atoms with van der Waals surface area (Å²) >= 11 is 0. The van der Waals surface area contributed by atoms with Gasteiger partial charge in [-0.3, -0.25) is 4.79 Å². The summed E-state index contributed by atoms with van der Waals surface area (Å²) in [5.41, 5.74) is 1.53. The van der Waals surface area contributed by atoms with Crippen molar-refractivity contribution in [2.24, 2.45) is 0 Å². The molecule has 2 aromatic carbocycles. The number of carbonyl (C=O) groups excluding carboxylic acids is 1. The number of para-hydroxylation sites is 1. The van der Waals surface area contributed by atoms with Crippen molar-refractivity contribution in [3.05, 3.63) is 65.7 Å². The maximum atomic E-state index is 12.4. The zero-order valence-corrected chi connectivity index (χ0v) is 10.6. The molecule has 0 saturated heterocycles. The van der Waals surface area contributed by atoms with Crippen LogP contribution in [0, 0.1) is 0 Å². The van der Waals surface area contributed by atoms with E-state index in [0.717, 1.165) is 5.56 Å². The average molecular weight is 254 g/mol. The molecule has 1 aliphatic heterocycles. The van der Waals surface area contributed by atoms with Gasteiger partial charge in [-0.15, -0.1) is 0 Å². The van der Waals surface area contributed by atoms with E-state index < -0.39 is 12.2 Å². The molecule has 1 heterocycles. The zero-order chi connectivity index (χ0) is 13.2. The Morgan fingerprint density at radius 3 is 2.42 bits per heavy atom. The van der Waals surface area contributed by atoms with Crippen molar-refractivity contribution in [2.75, 3.05) is 7.11 Å². The van der Waals surface area contributed by atoms with E-state index in [-0.39, 0.29) is 5.78 Å². The number of carbonyl (C=O) groups is 1. The number of hydrogen-bond donors (Lipinski definition) is 0. The Kier molecular flexibility index (Phi) is 3.05. The van der Waals surface area contributed by atoms with Gasteiger partial charge >= 0.3 is 0 Å². The van der Waals surface area contributed by atoms with Gasteiger partial charge in [-0.25, -0.2) is 0 Å². The highest BCUT2D eigenvalue weighted by Crippen LogP contribution is 2.35. The first kappa shape index (κ1) is 11.9. The summed E-state index contributed by atoms with van der Waals surface area (Å²) in [6, 6.07) is 16.9. The van der Waals surface area contributed by atoms with Gasteiger partial charge in [0.15, 0.2) is 18.0 Å². The minimum absolute atomic E-state index is 0.0294. The van der Waals surface area contributed by atoms with Crippen LogP contribution in [0.25, 0.3) is 0 Å². The Hall–Kier alpha value is -2.13. The largest absolute Gasteiger partial charge is 0.482 e. The van der Waals surface area contributed by atoms with Crippen molar-refractivity contribution in [1.29, 1.82) is 0 Å². The summed E-state index contributed by atoms with van der Waals surface area (Å²) in [5, 5.41) is 0. The summed E-state index contributed by atoms with van der Waals surface area (Å²) in [6.45, 7) is 0. The second-order valence-corrected chi connectivity index (χ2v) is 4.47. The second-order valence-electron chi connectivity index (χ2n) is 4.47. The maximum absolute atomic E-state index is 12.4. The van der Waals surface area contributed by atoms with E-state index in [2.05, 4.69) is 0 Å². The van der Waals surface area contributed by atoms with E-state index in [4.69, 9.17) is 9.47 Å². The van der Waals surface area contributed by atoms with Crippen LogP contribution in [0.15, 0.2) is 54.6 Å². The second kappa shape index (κ2) is 4.86. The van der Waals surface area contributed by atoms with Crippen LogP contribution in [0.1, 0.15) is 22.0 Å². The molecule has 1 aliphatic rings. The molecule has 0 saturated carbocycles. The minimum atomic E-state index is -0.600. The van der Waals surface area contributed by atoms with E-state index in [0.29, 0.717) is 11.3 Å². The monoisotopic (exact) mass is 254 g/mol. The number of ether oxygens (including phenoxy) is 2. The van der Waals surface area contributed by atoms with Crippen molar-refractivity contribution in [1.82, 2.24) is 0 Å². The molecule has 0 N–H and O–H groups in total. The Morgan fingerprint density at radius 1 is 1.00 bits per heavy atom. The molecule has 2 atom stereocenters. The molecule has 96 valence electrons. The van der Waals surface area contributed by atoms with Crippen LogP contribution < -0.4 is 4.74 Å². The summed E-state index contributed by atoms with van der Waals surface area (Å²) < 4.78 is 11.3. The summed E-state index contributed by atoms with van der Waals surface area (Å²) in [7, 11) is 1.54. The summed E-state index contributed by atoms with van der Waals surface area (Å²) in [6.07, 6.45) is -0.995. The van der Waals surface area contributed by atoms with Gasteiger partial charge in [0.1, 0.15) is 5.75 Å². The molecule has 3 rings (SSSR count). The quantitative estimate of drug-likeness (QED) is 0.826. The number of rotatable bonds is 2. The molecule has 19 heavy (non-hydrogen) atoms. The standard InChI is InChI=1S/C16H14O3/c1-18-16-14(17)12-9-5-6-10-13(12)19-15(16)11-7-3-2-4-8-11/h2-10,15-16H,1H3/t15-,16-/m0/s1. The maximum Gasteiger partial charge on any atom is 0.199 e. The van der Waals surface area contributed by atoms with Crippen LogP contribution >= 0.6 is 0 Å². The highest BCUT2D eigenvalue weighted by molar-refractivity contribution is 6.03. The van der Waals surface area contributed by atoms with Gasteiger partial charge in [0.05, 0.1) is 5.56 Å². The summed E-state index contributed by atoms with van der Waals surface area (Å²) in [4.78, 5) is 12.4. The number of hydrogen-bond acceptors (Lipinski definition) is 3. The Bertz CT molecular complexity index is 592. The number of fused-ring (bicyclic) bond motifs is 1. The SMILES string of the molecule is CO[C@H]1C(=O)c2ccccc2O[C@H]1c1ccccc1. The highest BCUT2D eigenvalue weighted by Gasteiger charge is 2.38. The topological polar surface area (TPSA) is 35.5 Å². The summed E-state index contributed by atoms with van der Waals surface area (Å²) in [5.74, 6) is 0.591. The van der Waals surface area contributed by atoms with Gasteiger partial charge in [0.25, 0.3) is 0 Å². The smallest absolute Gasteiger partial charge is 0.199 e. The highest BCUT2D eigenvalue weighted by atomic mass is 16.5. The molecule has 0 fully saturated rings. The van der Waals surface area contributed by atoms with E-state index in [1.165, 1.54) is 7.11 Å². The van der Waals surface area contributed by atoms with Crippen molar-refractivity contribution in [2.45, 2.75) is 12.2 Å². The Morgan fingerprint density at radius 2 is 1.68 bits per heavy atom. The zero-order valence-electron chi connectivity index (χ0n) is 10.6. The van der Waals surface area contributed by atoms with E-state index in [9.17, 15) is 4.79 Å². The third-order valence-electron chi connectivity index (χ3n) is 3.32. The molecular formula is C16H14O3. The first-order chi connectivity index (χ1) is 9.31. The van der Waals surface area contributed by atoms with Crippen LogP contribution in [0.2, 0.25) is 0 Å². The van der Waals surface area contributed by atoms with Gasteiger partial charge in [0.2, 0.25) is 0 Å². The molecule has 0 aliphatic carbocycles. The fourth-order valence-corrected chi connectivity index (χ4v) is 2.38. The van der Waals surface area contributed by atoms with Gasteiger partial charge in [-0.05, 0) is 17.7 Å². The fourth-order valence-electron chi connectivity index (χ4n) is 2.38. The molecule has 3 nitrogen and oxygen atoms in total. The van der Waals surface area contributed by atoms with Crippen LogP contribution in [0.4, 0.5) is 0 Å². The van der Waals surface area contributed by atoms with Crippen molar-refractivity contribution in [3.63, 3.8) is 0 Å². The number of ketones is 1. The lowest BCUT2D eigenvalue weighted by Crippen LogP contribution is -2.37. The third kappa shape index (κ3) is 2.02. The lowest BCUT2D eigenvalue weighted by Gasteiger charge is -2.31. The lowest BCUT2D eigenvalue weighted by atomic mass is 9.93. The van der Waals surface area contributed by atoms with Crippen molar-refractivity contribution in [3.8, 4) is 5.75 Å². The molecular weight excluding hydrogens is 240 g/mol. The van der Waals surface area contributed by atoms with Crippen LogP contribution in [-0.4, -0.2) is 19.0 Å². The normalized spacial score (nSPS) is 21.6. The first-order valence-electron chi connectivity index (χ1n) is 6.19. The van der Waals surface area contributed by atoms with E-state index in [1.54, 1.807) is 6.07 Å². The van der Waals surface area contributed by atoms with Crippen molar-refractivity contribution < 1.29 is 14.3 Å². The molecule has 0 aromatic heterocycles. The first-order valence-corrected chi connectivity index (χ1v) is 6.19. The molecule has 0 amide bonds. The molecule has 3 heteroatoms. The van der Waals surface area contributed by atoms with Crippen LogP contribution in [0.3, 0.4) is 0 Å². The van der Waals surface area contributed by atoms with E-state index >= 15 is 0 Å². The van der Waals surface area contributed by atoms with Crippen LogP contribution in [-0.2, 0) is 4.74 Å². The van der Waals surface area contributed by atoms with Crippen LogP contribution in [0.5, 0.6) is 5.75 Å². The minimum Gasteiger partial charge on any atom is -0.482 e. The van der Waals surface area contributed by atoms with Gasteiger partial charge in [0, 0.05) is 7.11 Å². The molecule has 0 radical (unpaired) electrons. The van der Waals surface area contributed by atoms with Crippen molar-refractivity contribution >= 4 is 5.78 Å². The Labute approximate surface area is 111 Å². The fraction of sp³-hybridized carbons (Fsp3) is 0.188.